The van der Waals surface area contributed by atoms with Crippen LogP contribution in [0.25, 0.3) is 0 Å². The Kier molecular flexibility index (Phi) is 3.12. The maximum atomic E-state index is 11.3. The van der Waals surface area contributed by atoms with E-state index in [1.807, 2.05) is 0 Å². The lowest BCUT2D eigenvalue weighted by atomic mass is 10.5. The first-order valence-electron chi connectivity index (χ1n) is 1.75. The van der Waals surface area contributed by atoms with Crippen molar-refractivity contribution in [1.29, 1.82) is 0 Å². The molecule has 5 heteroatoms. The van der Waals surface area contributed by atoms with Crippen molar-refractivity contribution in [2.75, 3.05) is 5.88 Å². The van der Waals surface area contributed by atoms with E-state index < -0.39 is 16.9 Å². The van der Waals surface area contributed by atoms with Crippen molar-refractivity contribution >= 4 is 27.5 Å². The van der Waals surface area contributed by atoms with Crippen LogP contribution in [0, 0.1) is 0 Å². The van der Waals surface area contributed by atoms with Gasteiger partial charge in [-0.2, -0.15) is 13.2 Å². The summed E-state index contributed by atoms with van der Waals surface area (Å²) in [5, 5.41) is 0. The summed E-state index contributed by atoms with van der Waals surface area (Å²) in [6, 6.07) is 0. The van der Waals surface area contributed by atoms with E-state index in [4.69, 9.17) is 11.6 Å². The Morgan fingerprint density at radius 3 is 1.88 bits per heavy atom. The predicted molar refractivity (Wildman–Crippen MR) is 29.5 cm³/mol. The van der Waals surface area contributed by atoms with E-state index in [0.717, 1.165) is 0 Å². The Hall–Kier alpha value is 0.560. The van der Waals surface area contributed by atoms with Gasteiger partial charge in [0.2, 0.25) is 0 Å². The zero-order valence-electron chi connectivity index (χ0n) is 3.67. The number of rotatable bonds is 1. The molecule has 0 aromatic heterocycles. The lowest BCUT2D eigenvalue weighted by Crippen LogP contribution is -2.23. The summed E-state index contributed by atoms with van der Waals surface area (Å²) >= 11 is 7.21. The lowest BCUT2D eigenvalue weighted by molar-refractivity contribution is -0.123. The minimum Gasteiger partial charge on any atom is -0.170 e. The molecule has 0 rings (SSSR count). The predicted octanol–water partition coefficient (Wildman–Crippen LogP) is 2.55. The fourth-order valence-electron chi connectivity index (χ4n) is 0.0875. The highest BCUT2D eigenvalue weighted by Crippen LogP contribution is 2.26. The zero-order valence-corrected chi connectivity index (χ0v) is 6.02. The molecule has 0 amide bonds. The van der Waals surface area contributed by atoms with Crippen LogP contribution in [0.1, 0.15) is 0 Å². The van der Waals surface area contributed by atoms with Gasteiger partial charge in [-0.05, 0) is 0 Å². The van der Waals surface area contributed by atoms with Gasteiger partial charge in [-0.25, -0.2) is 0 Å². The van der Waals surface area contributed by atoms with E-state index in [1.54, 1.807) is 0 Å². The van der Waals surface area contributed by atoms with Crippen LogP contribution in [0.5, 0.6) is 0 Å². The molecule has 0 aromatic rings. The van der Waals surface area contributed by atoms with E-state index in [1.165, 1.54) is 0 Å². The molecule has 50 valence electrons. The van der Waals surface area contributed by atoms with Crippen LogP contribution < -0.4 is 0 Å². The van der Waals surface area contributed by atoms with Gasteiger partial charge in [0.05, 0.1) is 0 Å². The molecule has 0 aliphatic heterocycles. The Morgan fingerprint density at radius 2 is 1.88 bits per heavy atom. The molecule has 0 aliphatic rings. The third kappa shape index (κ3) is 2.77. The van der Waals surface area contributed by atoms with Crippen molar-refractivity contribution in [3.05, 3.63) is 0 Å². The topological polar surface area (TPSA) is 0 Å². The number of hydrogen-bond acceptors (Lipinski definition) is 0. The number of hydrogen-bond donors (Lipinski definition) is 0. The quantitative estimate of drug-likeness (QED) is 0.585. The fourth-order valence-corrected chi connectivity index (χ4v) is 0.262. The SMILES string of the molecule is FC(F)(F)[C@H](Br)CCl. The molecule has 0 radical (unpaired) electrons. The van der Waals surface area contributed by atoms with Crippen LogP contribution in [-0.2, 0) is 0 Å². The van der Waals surface area contributed by atoms with Crippen LogP contribution in [0.3, 0.4) is 0 Å². The first-order chi connectivity index (χ1) is 3.48. The van der Waals surface area contributed by atoms with Gasteiger partial charge in [-0.1, -0.05) is 15.9 Å². The van der Waals surface area contributed by atoms with Crippen LogP contribution in [0.15, 0.2) is 0 Å². The average Bonchev–Trinajstić information content (AvgIpc) is 1.62. The smallest absolute Gasteiger partial charge is 0.170 e. The Labute approximate surface area is 58.1 Å². The molecule has 0 saturated carbocycles. The fraction of sp³-hybridized carbons (Fsp3) is 1.00. The molecule has 8 heavy (non-hydrogen) atoms. The van der Waals surface area contributed by atoms with Gasteiger partial charge in [0.25, 0.3) is 0 Å². The molecule has 0 bridgehead atoms. The van der Waals surface area contributed by atoms with Gasteiger partial charge in [-0.15, -0.1) is 11.6 Å². The van der Waals surface area contributed by atoms with E-state index >= 15 is 0 Å². The van der Waals surface area contributed by atoms with Crippen molar-refractivity contribution in [3.8, 4) is 0 Å². The first-order valence-corrected chi connectivity index (χ1v) is 3.20. The molecule has 0 nitrogen and oxygen atoms in total. The Morgan fingerprint density at radius 1 is 1.50 bits per heavy atom. The largest absolute Gasteiger partial charge is 0.402 e. The molecule has 0 saturated heterocycles. The second kappa shape index (κ2) is 2.92. The molecule has 0 aromatic carbocycles. The summed E-state index contributed by atoms with van der Waals surface area (Å²) in [5.41, 5.74) is 0. The summed E-state index contributed by atoms with van der Waals surface area (Å²) in [7, 11) is 0. The van der Waals surface area contributed by atoms with Gasteiger partial charge in [0, 0.05) is 5.88 Å². The minimum absolute atomic E-state index is 0.441. The molecule has 0 heterocycles. The van der Waals surface area contributed by atoms with Crippen molar-refractivity contribution < 1.29 is 13.2 Å². The van der Waals surface area contributed by atoms with Crippen molar-refractivity contribution in [2.24, 2.45) is 0 Å². The van der Waals surface area contributed by atoms with E-state index in [9.17, 15) is 13.2 Å². The van der Waals surface area contributed by atoms with Crippen molar-refractivity contribution in [1.82, 2.24) is 0 Å². The van der Waals surface area contributed by atoms with E-state index in [2.05, 4.69) is 15.9 Å². The number of alkyl halides is 5. The van der Waals surface area contributed by atoms with Crippen molar-refractivity contribution in [3.63, 3.8) is 0 Å². The Bertz CT molecular complexity index is 71.4. The highest BCUT2D eigenvalue weighted by Gasteiger charge is 2.36. The highest BCUT2D eigenvalue weighted by atomic mass is 79.9. The Balaban J connectivity index is 3.62. The van der Waals surface area contributed by atoms with Gasteiger partial charge in [0.15, 0.2) is 0 Å². The standard InChI is InChI=1S/C3H3BrClF3/c4-2(1-5)3(6,7)8/h2H,1H2/t2-/m1/s1. The summed E-state index contributed by atoms with van der Waals surface area (Å²) in [6.45, 7) is 0. The summed E-state index contributed by atoms with van der Waals surface area (Å²) in [6.07, 6.45) is -4.21. The van der Waals surface area contributed by atoms with E-state index in [0.29, 0.717) is 0 Å². The van der Waals surface area contributed by atoms with Gasteiger partial charge >= 0.3 is 6.18 Å². The highest BCUT2D eigenvalue weighted by molar-refractivity contribution is 9.09. The summed E-state index contributed by atoms with van der Waals surface area (Å²) < 4.78 is 34.0. The minimum atomic E-state index is -4.21. The van der Waals surface area contributed by atoms with Crippen molar-refractivity contribution in [2.45, 2.75) is 11.0 Å². The van der Waals surface area contributed by atoms with Crippen LogP contribution in [0.2, 0.25) is 0 Å². The molecule has 0 unspecified atom stereocenters. The molecular formula is C3H3BrClF3. The molecule has 0 fully saturated rings. The maximum absolute atomic E-state index is 11.3. The zero-order chi connectivity index (χ0) is 6.78. The number of halogens is 5. The third-order valence-electron chi connectivity index (χ3n) is 0.491. The second-order valence-electron chi connectivity index (χ2n) is 1.16. The van der Waals surface area contributed by atoms with Gasteiger partial charge in [0.1, 0.15) is 4.83 Å². The third-order valence-corrected chi connectivity index (χ3v) is 2.01. The van der Waals surface area contributed by atoms with Crippen LogP contribution >= 0.6 is 27.5 Å². The van der Waals surface area contributed by atoms with E-state index in [-0.39, 0.29) is 0 Å². The van der Waals surface area contributed by atoms with Gasteiger partial charge < -0.3 is 0 Å². The molecule has 1 atom stereocenters. The monoisotopic (exact) mass is 210 g/mol. The average molecular weight is 211 g/mol. The lowest BCUT2D eigenvalue weighted by Gasteiger charge is -2.08. The summed E-state index contributed by atoms with van der Waals surface area (Å²) in [4.78, 5) is -1.57. The second-order valence-corrected chi connectivity index (χ2v) is 2.58. The first kappa shape index (κ1) is 8.56. The summed E-state index contributed by atoms with van der Waals surface area (Å²) in [5.74, 6) is -0.441. The normalized spacial score (nSPS) is 16.1. The molecular weight excluding hydrogens is 208 g/mol. The molecule has 0 aliphatic carbocycles. The molecule has 0 spiro atoms. The maximum Gasteiger partial charge on any atom is 0.402 e. The van der Waals surface area contributed by atoms with Crippen LogP contribution in [-0.4, -0.2) is 16.9 Å². The molecule has 0 N–H and O–H groups in total. The van der Waals surface area contributed by atoms with Crippen LogP contribution in [0.4, 0.5) is 13.2 Å². The van der Waals surface area contributed by atoms with Gasteiger partial charge in [-0.3, -0.25) is 0 Å².